The van der Waals surface area contributed by atoms with Crippen molar-refractivity contribution >= 4 is 0 Å². The van der Waals surface area contributed by atoms with Crippen molar-refractivity contribution in [2.24, 2.45) is 35.5 Å². The van der Waals surface area contributed by atoms with E-state index >= 15 is 0 Å². The van der Waals surface area contributed by atoms with E-state index in [0.717, 1.165) is 41.4 Å². The van der Waals surface area contributed by atoms with E-state index in [1.54, 1.807) is 5.56 Å². The molecule has 0 N–H and O–H groups in total. The zero-order chi connectivity index (χ0) is 22.1. The maximum atomic E-state index is 2.63. The Balaban J connectivity index is 1.45. The molecular weight excluding hydrogens is 372 g/mol. The van der Waals surface area contributed by atoms with Crippen LogP contribution in [0.3, 0.4) is 0 Å². The molecule has 1 aromatic rings. The number of unbranched alkanes of at least 4 members (excludes halogenated alkanes) is 2. The first-order chi connectivity index (χ1) is 15.1. The van der Waals surface area contributed by atoms with E-state index in [-0.39, 0.29) is 0 Å². The molecule has 0 aliphatic heterocycles. The summed E-state index contributed by atoms with van der Waals surface area (Å²) < 4.78 is 0. The van der Waals surface area contributed by atoms with Crippen LogP contribution < -0.4 is 0 Å². The summed E-state index contributed by atoms with van der Waals surface area (Å²) in [5.41, 5.74) is 1.59. The monoisotopic (exact) mass is 424 g/mol. The second-order valence-corrected chi connectivity index (χ2v) is 11.5. The molecule has 1 aromatic carbocycles. The van der Waals surface area contributed by atoms with Gasteiger partial charge in [-0.25, -0.2) is 0 Å². The molecule has 0 bridgehead atoms. The van der Waals surface area contributed by atoms with E-state index < -0.39 is 0 Å². The summed E-state index contributed by atoms with van der Waals surface area (Å²) in [4.78, 5) is 0. The number of hydrogen-bond donors (Lipinski definition) is 0. The highest BCUT2D eigenvalue weighted by atomic mass is 14.4. The van der Waals surface area contributed by atoms with Gasteiger partial charge in [-0.2, -0.15) is 0 Å². The zero-order valence-electron chi connectivity index (χ0n) is 21.3. The lowest BCUT2D eigenvalue weighted by Gasteiger charge is -2.41. The molecule has 0 saturated heterocycles. The van der Waals surface area contributed by atoms with Crippen LogP contribution in [0.5, 0.6) is 0 Å². The van der Waals surface area contributed by atoms with Crippen LogP contribution in [0.1, 0.15) is 129 Å². The number of hydrogen-bond acceptors (Lipinski definition) is 0. The van der Waals surface area contributed by atoms with Crippen LogP contribution in [-0.2, 0) is 0 Å². The SMILES string of the molecule is CCCCCC1CCC(C(C)C2CCC(C(C)C(CCC)c3ccccc3)CC2)CC1. The van der Waals surface area contributed by atoms with E-state index in [4.69, 9.17) is 0 Å². The molecule has 0 amide bonds. The summed E-state index contributed by atoms with van der Waals surface area (Å²) in [5, 5.41) is 0. The molecule has 2 aliphatic carbocycles. The van der Waals surface area contributed by atoms with Gasteiger partial charge in [-0.1, -0.05) is 103 Å². The highest BCUT2D eigenvalue weighted by Crippen LogP contribution is 2.46. The molecule has 0 nitrogen and oxygen atoms in total. The third-order valence-electron chi connectivity index (χ3n) is 9.62. The lowest BCUT2D eigenvalue weighted by atomic mass is 9.64. The third-order valence-corrected chi connectivity index (χ3v) is 9.62. The van der Waals surface area contributed by atoms with Gasteiger partial charge in [0.25, 0.3) is 0 Å². The van der Waals surface area contributed by atoms with Crippen molar-refractivity contribution in [3.8, 4) is 0 Å². The van der Waals surface area contributed by atoms with Crippen molar-refractivity contribution < 1.29 is 0 Å². The van der Waals surface area contributed by atoms with Crippen LogP contribution in [-0.4, -0.2) is 0 Å². The van der Waals surface area contributed by atoms with Gasteiger partial charge < -0.3 is 0 Å². The van der Waals surface area contributed by atoms with Gasteiger partial charge in [0, 0.05) is 0 Å². The van der Waals surface area contributed by atoms with Gasteiger partial charge in [0.2, 0.25) is 0 Å². The average molecular weight is 425 g/mol. The second kappa shape index (κ2) is 13.1. The molecule has 2 aliphatic rings. The quantitative estimate of drug-likeness (QED) is 0.310. The highest BCUT2D eigenvalue weighted by molar-refractivity contribution is 5.20. The summed E-state index contributed by atoms with van der Waals surface area (Å²) in [7, 11) is 0. The van der Waals surface area contributed by atoms with Crippen LogP contribution in [0.25, 0.3) is 0 Å². The van der Waals surface area contributed by atoms with Crippen LogP contribution in [0.15, 0.2) is 30.3 Å². The highest BCUT2D eigenvalue weighted by Gasteiger charge is 2.35. The van der Waals surface area contributed by atoms with E-state index in [0.29, 0.717) is 0 Å². The van der Waals surface area contributed by atoms with Crippen molar-refractivity contribution in [1.82, 2.24) is 0 Å². The van der Waals surface area contributed by atoms with Crippen LogP contribution in [0.4, 0.5) is 0 Å². The average Bonchev–Trinajstić information content (AvgIpc) is 2.83. The first kappa shape index (κ1) is 24.9. The summed E-state index contributed by atoms with van der Waals surface area (Å²) >= 11 is 0. The van der Waals surface area contributed by atoms with Gasteiger partial charge >= 0.3 is 0 Å². The first-order valence-electron chi connectivity index (χ1n) is 14.2. The predicted octanol–water partition coefficient (Wildman–Crippen LogP) is 10.0. The summed E-state index contributed by atoms with van der Waals surface area (Å²) in [6, 6.07) is 11.4. The van der Waals surface area contributed by atoms with Crippen LogP contribution in [0.2, 0.25) is 0 Å². The smallest absolute Gasteiger partial charge is 0.0134 e. The Morgan fingerprint density at radius 1 is 0.710 bits per heavy atom. The van der Waals surface area contributed by atoms with Gasteiger partial charge in [-0.05, 0) is 91.9 Å². The maximum Gasteiger partial charge on any atom is -0.0134 e. The van der Waals surface area contributed by atoms with Crippen LogP contribution in [0, 0.1) is 35.5 Å². The van der Waals surface area contributed by atoms with Gasteiger partial charge in [0.1, 0.15) is 0 Å². The van der Waals surface area contributed by atoms with Crippen molar-refractivity contribution in [1.29, 1.82) is 0 Å². The molecule has 0 spiro atoms. The van der Waals surface area contributed by atoms with Gasteiger partial charge in [-0.3, -0.25) is 0 Å². The topological polar surface area (TPSA) is 0 Å². The van der Waals surface area contributed by atoms with Crippen molar-refractivity contribution in [2.45, 2.75) is 124 Å². The Bertz CT molecular complexity index is 573. The number of rotatable bonds is 11. The Hall–Kier alpha value is -0.780. The minimum atomic E-state index is 0.758. The molecule has 3 unspecified atom stereocenters. The maximum absolute atomic E-state index is 2.63. The fraction of sp³-hybridized carbons (Fsp3) is 0.806. The second-order valence-electron chi connectivity index (χ2n) is 11.5. The van der Waals surface area contributed by atoms with E-state index in [1.807, 2.05) is 0 Å². The molecular formula is C31H52. The molecule has 2 saturated carbocycles. The Labute approximate surface area is 195 Å². The lowest BCUT2D eigenvalue weighted by molar-refractivity contribution is 0.105. The predicted molar refractivity (Wildman–Crippen MR) is 137 cm³/mol. The van der Waals surface area contributed by atoms with Gasteiger partial charge in [0.05, 0.1) is 0 Å². The van der Waals surface area contributed by atoms with Gasteiger partial charge in [0.15, 0.2) is 0 Å². The fourth-order valence-electron chi connectivity index (χ4n) is 7.34. The lowest BCUT2D eigenvalue weighted by Crippen LogP contribution is -2.31. The minimum Gasteiger partial charge on any atom is -0.0654 e. The molecule has 0 aromatic heterocycles. The van der Waals surface area contributed by atoms with Crippen molar-refractivity contribution in [3.63, 3.8) is 0 Å². The molecule has 0 heterocycles. The Morgan fingerprint density at radius 3 is 1.87 bits per heavy atom. The molecule has 0 heteroatoms. The molecule has 0 radical (unpaired) electrons. The van der Waals surface area contributed by atoms with Crippen LogP contribution >= 0.6 is 0 Å². The van der Waals surface area contributed by atoms with Crippen molar-refractivity contribution in [2.75, 3.05) is 0 Å². The molecule has 3 atom stereocenters. The normalized spacial score (nSPS) is 29.9. The summed E-state index contributed by atoms with van der Waals surface area (Å²) in [6.45, 7) is 9.89. The number of benzene rings is 1. The molecule has 176 valence electrons. The largest absolute Gasteiger partial charge is 0.0654 e. The minimum absolute atomic E-state index is 0.758. The van der Waals surface area contributed by atoms with E-state index in [2.05, 4.69) is 58.0 Å². The molecule has 2 fully saturated rings. The molecule has 3 rings (SSSR count). The van der Waals surface area contributed by atoms with E-state index in [1.165, 1.54) is 89.9 Å². The summed E-state index contributed by atoms with van der Waals surface area (Å²) in [6.07, 6.45) is 20.5. The summed E-state index contributed by atoms with van der Waals surface area (Å²) in [5.74, 6) is 6.58. The van der Waals surface area contributed by atoms with E-state index in [9.17, 15) is 0 Å². The first-order valence-corrected chi connectivity index (χ1v) is 14.2. The Kier molecular flexibility index (Phi) is 10.5. The van der Waals surface area contributed by atoms with Crippen molar-refractivity contribution in [3.05, 3.63) is 35.9 Å². The standard InChI is InChI=1S/C31H52/c1-5-7-9-13-26-16-18-27(19-17-26)24(3)28-20-22-29(23-21-28)25(4)31(12-6-2)30-14-10-8-11-15-30/h8,10-11,14-15,24-29,31H,5-7,9,12-13,16-23H2,1-4H3. The Morgan fingerprint density at radius 2 is 1.29 bits per heavy atom. The third kappa shape index (κ3) is 7.10. The zero-order valence-corrected chi connectivity index (χ0v) is 21.3. The van der Waals surface area contributed by atoms with Gasteiger partial charge in [-0.15, -0.1) is 0 Å². The molecule has 31 heavy (non-hydrogen) atoms. The fourth-order valence-corrected chi connectivity index (χ4v) is 7.34.